The molecule has 0 bridgehead atoms. The number of Topliss-reactive ketones (excluding diaryl/α,β-unsaturated/α-hetero) is 1. The highest BCUT2D eigenvalue weighted by atomic mass is 35.5. The van der Waals surface area contributed by atoms with Gasteiger partial charge in [0.05, 0.1) is 7.11 Å². The van der Waals surface area contributed by atoms with Crippen LogP contribution in [0.15, 0.2) is 24.3 Å². The van der Waals surface area contributed by atoms with Crippen LogP contribution in [0.1, 0.15) is 18.4 Å². The first kappa shape index (κ1) is 13.1. The first-order valence-electron chi connectivity index (χ1n) is 5.98. The van der Waals surface area contributed by atoms with Crippen LogP contribution in [0, 0.1) is 11.8 Å². The summed E-state index contributed by atoms with van der Waals surface area (Å²) in [5.41, 5.74) is 1.07. The predicted molar refractivity (Wildman–Crippen MR) is 68.4 cm³/mol. The molecule has 1 aliphatic carbocycles. The van der Waals surface area contributed by atoms with Crippen molar-refractivity contribution >= 4 is 23.4 Å². The molecule has 2 atom stereocenters. The molecule has 1 fully saturated rings. The van der Waals surface area contributed by atoms with E-state index in [1.54, 1.807) is 0 Å². The molecule has 0 spiro atoms. The third-order valence-corrected chi connectivity index (χ3v) is 3.68. The molecule has 1 aromatic carbocycles. The van der Waals surface area contributed by atoms with Gasteiger partial charge in [-0.1, -0.05) is 23.7 Å². The number of carbonyl (C=O) groups is 2. The van der Waals surface area contributed by atoms with Crippen molar-refractivity contribution in [2.24, 2.45) is 11.8 Å². The van der Waals surface area contributed by atoms with E-state index < -0.39 is 11.9 Å². The number of ketones is 1. The molecule has 0 amide bonds. The van der Waals surface area contributed by atoms with Crippen LogP contribution in [-0.4, -0.2) is 18.9 Å². The Morgan fingerprint density at radius 2 is 2.00 bits per heavy atom. The molecule has 0 aliphatic heterocycles. The van der Waals surface area contributed by atoms with Gasteiger partial charge in [-0.3, -0.25) is 9.59 Å². The van der Waals surface area contributed by atoms with E-state index >= 15 is 0 Å². The molecule has 18 heavy (non-hydrogen) atoms. The van der Waals surface area contributed by atoms with Crippen LogP contribution >= 0.6 is 11.6 Å². The van der Waals surface area contributed by atoms with Crippen LogP contribution in [0.4, 0.5) is 0 Å². The average molecular weight is 267 g/mol. The third-order valence-electron chi connectivity index (χ3n) is 3.43. The number of esters is 1. The van der Waals surface area contributed by atoms with Crippen molar-refractivity contribution in [1.29, 1.82) is 0 Å². The highest BCUT2D eigenvalue weighted by molar-refractivity contribution is 6.30. The molecule has 0 heterocycles. The molecule has 4 heteroatoms. The number of hydrogen-bond acceptors (Lipinski definition) is 3. The Hall–Kier alpha value is -1.35. The Morgan fingerprint density at radius 1 is 1.33 bits per heavy atom. The quantitative estimate of drug-likeness (QED) is 0.624. The second kappa shape index (κ2) is 5.53. The lowest BCUT2D eigenvalue weighted by Gasteiger charge is -2.09. The summed E-state index contributed by atoms with van der Waals surface area (Å²) in [4.78, 5) is 23.5. The normalized spacial score (nSPS) is 23.1. The lowest BCUT2D eigenvalue weighted by molar-refractivity contribution is -0.148. The molecule has 0 aromatic heterocycles. The molecule has 2 unspecified atom stereocenters. The number of methoxy groups -OCH3 is 1. The van der Waals surface area contributed by atoms with Crippen molar-refractivity contribution in [3.8, 4) is 0 Å². The van der Waals surface area contributed by atoms with E-state index in [2.05, 4.69) is 4.74 Å². The molecule has 3 nitrogen and oxygen atoms in total. The Morgan fingerprint density at radius 3 is 2.61 bits per heavy atom. The van der Waals surface area contributed by atoms with Gasteiger partial charge in [-0.25, -0.2) is 0 Å². The molecule has 0 radical (unpaired) electrons. The van der Waals surface area contributed by atoms with E-state index in [4.69, 9.17) is 11.6 Å². The van der Waals surface area contributed by atoms with E-state index in [0.29, 0.717) is 17.9 Å². The number of carbonyl (C=O) groups excluding carboxylic acids is 2. The summed E-state index contributed by atoms with van der Waals surface area (Å²) >= 11 is 5.81. The van der Waals surface area contributed by atoms with Gasteiger partial charge in [0, 0.05) is 10.9 Å². The van der Waals surface area contributed by atoms with Crippen molar-refractivity contribution in [3.63, 3.8) is 0 Å². The second-order valence-corrected chi connectivity index (χ2v) is 5.02. The number of ether oxygens (including phenoxy) is 1. The summed E-state index contributed by atoms with van der Waals surface area (Å²) < 4.78 is 4.64. The van der Waals surface area contributed by atoms with E-state index in [9.17, 15) is 9.59 Å². The molecular formula is C14H15ClO3. The minimum Gasteiger partial charge on any atom is -0.468 e. The lowest BCUT2D eigenvalue weighted by atomic mass is 9.95. The summed E-state index contributed by atoms with van der Waals surface area (Å²) in [6.07, 6.45) is 2.02. The number of rotatable bonds is 3. The van der Waals surface area contributed by atoms with Crippen molar-refractivity contribution in [1.82, 2.24) is 0 Å². The Balaban J connectivity index is 2.01. The van der Waals surface area contributed by atoms with Crippen LogP contribution in [0.2, 0.25) is 5.02 Å². The summed E-state index contributed by atoms with van der Waals surface area (Å²) in [5.74, 6) is -1.03. The SMILES string of the molecule is COC(=O)C1CCC(Cc2ccc(Cl)cc2)C1=O. The second-order valence-electron chi connectivity index (χ2n) is 4.58. The Bertz CT molecular complexity index is 453. The average Bonchev–Trinajstić information content (AvgIpc) is 2.73. The fourth-order valence-corrected chi connectivity index (χ4v) is 2.55. The van der Waals surface area contributed by atoms with Crippen LogP contribution < -0.4 is 0 Å². The van der Waals surface area contributed by atoms with Crippen molar-refractivity contribution in [2.45, 2.75) is 19.3 Å². The molecule has 0 saturated heterocycles. The molecule has 2 rings (SSSR count). The molecule has 1 aromatic rings. The highest BCUT2D eigenvalue weighted by Crippen LogP contribution is 2.31. The monoisotopic (exact) mass is 266 g/mol. The van der Waals surface area contributed by atoms with E-state index in [-0.39, 0.29) is 11.7 Å². The van der Waals surface area contributed by atoms with Gasteiger partial charge in [0.1, 0.15) is 11.7 Å². The van der Waals surface area contributed by atoms with Crippen LogP contribution in [0.5, 0.6) is 0 Å². The fraction of sp³-hybridized carbons (Fsp3) is 0.429. The van der Waals surface area contributed by atoms with Crippen molar-refractivity contribution in [2.75, 3.05) is 7.11 Å². The fourth-order valence-electron chi connectivity index (χ4n) is 2.42. The zero-order chi connectivity index (χ0) is 13.1. The number of hydrogen-bond donors (Lipinski definition) is 0. The summed E-state index contributed by atoms with van der Waals surface area (Å²) in [6, 6.07) is 7.46. The maximum Gasteiger partial charge on any atom is 0.316 e. The molecule has 96 valence electrons. The minimum absolute atomic E-state index is 0.0109. The molecule has 1 saturated carbocycles. The van der Waals surface area contributed by atoms with E-state index in [0.717, 1.165) is 12.0 Å². The summed E-state index contributed by atoms with van der Waals surface area (Å²) in [5, 5.41) is 0.684. The van der Waals surface area contributed by atoms with Gasteiger partial charge in [0.15, 0.2) is 0 Å². The van der Waals surface area contributed by atoms with Gasteiger partial charge in [-0.15, -0.1) is 0 Å². The lowest BCUT2D eigenvalue weighted by Crippen LogP contribution is -2.24. The Kier molecular flexibility index (Phi) is 4.02. The minimum atomic E-state index is -0.563. The number of halogens is 1. The van der Waals surface area contributed by atoms with Gasteiger partial charge in [0.25, 0.3) is 0 Å². The summed E-state index contributed by atoms with van der Waals surface area (Å²) in [7, 11) is 1.32. The zero-order valence-electron chi connectivity index (χ0n) is 10.2. The van der Waals surface area contributed by atoms with Gasteiger partial charge < -0.3 is 4.74 Å². The van der Waals surface area contributed by atoms with E-state index in [1.165, 1.54) is 7.11 Å². The first-order valence-corrected chi connectivity index (χ1v) is 6.35. The smallest absolute Gasteiger partial charge is 0.316 e. The standard InChI is InChI=1S/C14H15ClO3/c1-18-14(17)12-7-4-10(13(12)16)8-9-2-5-11(15)6-3-9/h2-3,5-6,10,12H,4,7-8H2,1H3. The highest BCUT2D eigenvalue weighted by Gasteiger charge is 2.39. The van der Waals surface area contributed by atoms with Gasteiger partial charge >= 0.3 is 5.97 Å². The van der Waals surface area contributed by atoms with E-state index in [1.807, 2.05) is 24.3 Å². The molecule has 0 N–H and O–H groups in total. The summed E-state index contributed by atoms with van der Waals surface area (Å²) in [6.45, 7) is 0. The van der Waals surface area contributed by atoms with Gasteiger partial charge in [0.2, 0.25) is 0 Å². The van der Waals surface area contributed by atoms with Gasteiger partial charge in [-0.2, -0.15) is 0 Å². The number of benzene rings is 1. The van der Waals surface area contributed by atoms with Crippen LogP contribution in [0.3, 0.4) is 0 Å². The Labute approximate surface area is 111 Å². The van der Waals surface area contributed by atoms with Crippen LogP contribution in [0.25, 0.3) is 0 Å². The first-order chi connectivity index (χ1) is 8.61. The molecule has 1 aliphatic rings. The molecular weight excluding hydrogens is 252 g/mol. The van der Waals surface area contributed by atoms with Crippen molar-refractivity contribution in [3.05, 3.63) is 34.9 Å². The third kappa shape index (κ3) is 2.72. The van der Waals surface area contributed by atoms with Crippen molar-refractivity contribution < 1.29 is 14.3 Å². The maximum atomic E-state index is 12.1. The zero-order valence-corrected chi connectivity index (χ0v) is 10.9. The van der Waals surface area contributed by atoms with Gasteiger partial charge in [-0.05, 0) is 37.0 Å². The predicted octanol–water partition coefficient (Wildman–Crippen LogP) is 2.65. The topological polar surface area (TPSA) is 43.4 Å². The largest absolute Gasteiger partial charge is 0.468 e. The maximum absolute atomic E-state index is 12.1. The van der Waals surface area contributed by atoms with Crippen LogP contribution in [-0.2, 0) is 20.7 Å².